The molecule has 0 aliphatic heterocycles. The second-order valence-corrected chi connectivity index (χ2v) is 0.652. The van der Waals surface area contributed by atoms with E-state index in [4.69, 9.17) is 0 Å². The molecule has 1 N–H and O–H groups in total. The van der Waals surface area contributed by atoms with E-state index < -0.39 is 0 Å². The highest BCUT2D eigenvalue weighted by molar-refractivity contribution is 4.43. The molecule has 0 fully saturated rings. The van der Waals surface area contributed by atoms with E-state index in [1.807, 2.05) is 0 Å². The van der Waals surface area contributed by atoms with Gasteiger partial charge in [0.05, 0.1) is 0 Å². The molecule has 1 aromatic rings. The van der Waals surface area contributed by atoms with Crippen LogP contribution in [-0.4, -0.2) is 15.2 Å². The SMILES string of the molecule is c1n[13cH]n[nH]1. The van der Waals surface area contributed by atoms with Crippen LogP contribution in [0.1, 0.15) is 0 Å². The maximum Gasteiger partial charge on any atom is 0.137 e. The van der Waals surface area contributed by atoms with Gasteiger partial charge in [-0.1, -0.05) is 0 Å². The summed E-state index contributed by atoms with van der Waals surface area (Å²) in [4.78, 5) is 3.56. The minimum absolute atomic E-state index is 1.44. The van der Waals surface area contributed by atoms with Gasteiger partial charge in [0.15, 0.2) is 0 Å². The number of rotatable bonds is 0. The molecular weight excluding hydrogens is 67.0 g/mol. The van der Waals surface area contributed by atoms with Gasteiger partial charge in [-0.3, -0.25) is 5.10 Å². The van der Waals surface area contributed by atoms with E-state index in [1.165, 1.54) is 12.7 Å². The van der Waals surface area contributed by atoms with Crippen LogP contribution in [0.5, 0.6) is 0 Å². The monoisotopic (exact) mass is 70.0 g/mol. The maximum absolute atomic E-state index is 3.56. The van der Waals surface area contributed by atoms with Gasteiger partial charge in [0.1, 0.15) is 12.7 Å². The number of aromatic nitrogens is 3. The first-order valence-corrected chi connectivity index (χ1v) is 1.29. The standard InChI is InChI=1S/C2H3N3/c1-3-2-5-4-1/h1-2H,(H,3,4,5)/i1+1. The Morgan fingerprint density at radius 2 is 2.60 bits per heavy atom. The van der Waals surface area contributed by atoms with Crippen LogP contribution in [0.15, 0.2) is 12.7 Å². The summed E-state index contributed by atoms with van der Waals surface area (Å²) in [5.74, 6) is 0. The minimum Gasteiger partial charge on any atom is -0.266 e. The van der Waals surface area contributed by atoms with Crippen molar-refractivity contribution in [1.29, 1.82) is 0 Å². The van der Waals surface area contributed by atoms with Gasteiger partial charge in [0.25, 0.3) is 0 Å². The summed E-state index contributed by atoms with van der Waals surface area (Å²) in [5.41, 5.74) is 0. The highest BCUT2D eigenvalue weighted by Gasteiger charge is 1.57. The predicted octanol–water partition coefficient (Wildman–Crippen LogP) is -0.195. The third-order valence-electron chi connectivity index (χ3n) is 0.331. The first-order valence-electron chi connectivity index (χ1n) is 1.29. The van der Waals surface area contributed by atoms with Crippen LogP contribution in [0.3, 0.4) is 0 Å². The number of hydrogen-bond donors (Lipinski definition) is 1. The second-order valence-electron chi connectivity index (χ2n) is 0.652. The summed E-state index contributed by atoms with van der Waals surface area (Å²) in [7, 11) is 0. The van der Waals surface area contributed by atoms with Crippen molar-refractivity contribution in [3.8, 4) is 0 Å². The van der Waals surface area contributed by atoms with Crippen molar-refractivity contribution in [3.63, 3.8) is 0 Å². The largest absolute Gasteiger partial charge is 0.266 e. The fourth-order valence-corrected chi connectivity index (χ4v) is 0.167. The zero-order valence-electron chi connectivity index (χ0n) is 2.55. The predicted molar refractivity (Wildman–Crippen MR) is 16.4 cm³/mol. The topological polar surface area (TPSA) is 41.6 Å². The van der Waals surface area contributed by atoms with Crippen molar-refractivity contribution in [1.82, 2.24) is 15.2 Å². The van der Waals surface area contributed by atoms with Crippen molar-refractivity contribution in [2.75, 3.05) is 0 Å². The van der Waals surface area contributed by atoms with Crippen LogP contribution in [-0.2, 0) is 0 Å². The van der Waals surface area contributed by atoms with Gasteiger partial charge >= 0.3 is 0 Å². The Morgan fingerprint density at radius 1 is 1.60 bits per heavy atom. The Kier molecular flexibility index (Phi) is 0.400. The molecule has 5 heavy (non-hydrogen) atoms. The molecule has 0 radical (unpaired) electrons. The third kappa shape index (κ3) is 0.238. The second kappa shape index (κ2) is 0.839. The number of H-pyrrole nitrogens is 1. The highest BCUT2D eigenvalue weighted by atomic mass is 15.3. The van der Waals surface area contributed by atoms with Gasteiger partial charge in [0.2, 0.25) is 0 Å². The van der Waals surface area contributed by atoms with E-state index in [2.05, 4.69) is 15.2 Å². The Bertz CT molecular complexity index is 61.4. The summed E-state index contributed by atoms with van der Waals surface area (Å²) in [6.07, 6.45) is 2.96. The lowest BCUT2D eigenvalue weighted by atomic mass is 11.4. The molecule has 3 nitrogen and oxygen atoms in total. The number of hydrogen-bond acceptors (Lipinski definition) is 2. The molecule has 0 saturated heterocycles. The molecule has 0 bridgehead atoms. The Labute approximate surface area is 29.0 Å². The van der Waals surface area contributed by atoms with E-state index in [9.17, 15) is 0 Å². The minimum atomic E-state index is 1.44. The average molecular weight is 70.1 g/mol. The lowest BCUT2D eigenvalue weighted by Crippen LogP contribution is -1.53. The molecule has 1 aromatic heterocycles. The zero-order chi connectivity index (χ0) is 3.54. The average Bonchev–Trinajstić information content (AvgIpc) is 1.76. The van der Waals surface area contributed by atoms with Crippen molar-refractivity contribution < 1.29 is 0 Å². The van der Waals surface area contributed by atoms with Crippen molar-refractivity contribution in [3.05, 3.63) is 12.7 Å². The van der Waals surface area contributed by atoms with E-state index >= 15 is 0 Å². The molecule has 0 aliphatic carbocycles. The van der Waals surface area contributed by atoms with E-state index in [0.29, 0.717) is 0 Å². The summed E-state index contributed by atoms with van der Waals surface area (Å²) >= 11 is 0. The van der Waals surface area contributed by atoms with Crippen molar-refractivity contribution >= 4 is 0 Å². The van der Waals surface area contributed by atoms with Gasteiger partial charge in [-0.15, -0.1) is 0 Å². The van der Waals surface area contributed by atoms with Crippen molar-refractivity contribution in [2.45, 2.75) is 0 Å². The lowest BCUT2D eigenvalue weighted by molar-refractivity contribution is 1.09. The number of aromatic amines is 1. The molecule has 3 heteroatoms. The van der Waals surface area contributed by atoms with Crippen LogP contribution < -0.4 is 0 Å². The smallest absolute Gasteiger partial charge is 0.137 e. The van der Waals surface area contributed by atoms with Crippen LogP contribution in [0.2, 0.25) is 0 Å². The fourth-order valence-electron chi connectivity index (χ4n) is 0.167. The molecule has 1 heterocycles. The maximum atomic E-state index is 3.56. The fraction of sp³-hybridized carbons (Fsp3) is 0. The van der Waals surface area contributed by atoms with Crippen LogP contribution in [0.4, 0.5) is 0 Å². The van der Waals surface area contributed by atoms with E-state index in [1.54, 1.807) is 0 Å². The Balaban J connectivity index is 3.13. The molecule has 0 unspecified atom stereocenters. The summed E-state index contributed by atoms with van der Waals surface area (Å²) in [6.45, 7) is 0. The molecule has 0 aliphatic rings. The molecule has 0 saturated carbocycles. The lowest BCUT2D eigenvalue weighted by Gasteiger charge is -1.46. The quantitative estimate of drug-likeness (QED) is 0.459. The van der Waals surface area contributed by atoms with Gasteiger partial charge < -0.3 is 0 Å². The summed E-state index contributed by atoms with van der Waals surface area (Å²) in [5, 5.41) is 5.99. The van der Waals surface area contributed by atoms with Gasteiger partial charge in [0, 0.05) is 0 Å². The number of nitrogens with one attached hydrogen (secondary N) is 1. The molecule has 0 spiro atoms. The van der Waals surface area contributed by atoms with E-state index in [0.717, 1.165) is 0 Å². The normalized spacial score (nSPS) is 8.00. The number of nitrogens with zero attached hydrogens (tertiary/aromatic N) is 2. The van der Waals surface area contributed by atoms with Gasteiger partial charge in [-0.2, -0.15) is 5.10 Å². The molecule has 0 amide bonds. The van der Waals surface area contributed by atoms with Crippen LogP contribution in [0.25, 0.3) is 0 Å². The molecule has 26 valence electrons. The Hall–Kier alpha value is -0.860. The van der Waals surface area contributed by atoms with Crippen LogP contribution >= 0.6 is 0 Å². The molecule has 0 aromatic carbocycles. The summed E-state index contributed by atoms with van der Waals surface area (Å²) in [6, 6.07) is 0. The molecular formula is C2H3N3. The van der Waals surface area contributed by atoms with E-state index in [-0.39, 0.29) is 0 Å². The third-order valence-corrected chi connectivity index (χ3v) is 0.331. The van der Waals surface area contributed by atoms with Gasteiger partial charge in [-0.05, 0) is 0 Å². The molecule has 1 rings (SSSR count). The first kappa shape index (κ1) is 2.38. The molecule has 0 atom stereocenters. The highest BCUT2D eigenvalue weighted by Crippen LogP contribution is 1.53. The van der Waals surface area contributed by atoms with Crippen molar-refractivity contribution in [2.24, 2.45) is 0 Å². The first-order chi connectivity index (χ1) is 2.50. The van der Waals surface area contributed by atoms with Gasteiger partial charge in [-0.25, -0.2) is 4.98 Å². The summed E-state index contributed by atoms with van der Waals surface area (Å²) < 4.78 is 0. The van der Waals surface area contributed by atoms with Crippen LogP contribution in [0, 0.1) is 0 Å². The zero-order valence-corrected chi connectivity index (χ0v) is 2.55. The Morgan fingerprint density at radius 3 is 2.80 bits per heavy atom.